The second kappa shape index (κ2) is 8.59. The van der Waals surface area contributed by atoms with Gasteiger partial charge < -0.3 is 25.0 Å². The molecule has 0 aromatic heterocycles. The van der Waals surface area contributed by atoms with Gasteiger partial charge in [-0.25, -0.2) is 0 Å². The summed E-state index contributed by atoms with van der Waals surface area (Å²) in [6.45, 7) is 2.87. The number of carbonyl (C=O) groups excluding carboxylic acids is 1. The molecular formula is C23H23N3O6. The molecule has 0 saturated carbocycles. The number of ether oxygens (including phenoxy) is 2. The Kier molecular flexibility index (Phi) is 6.07. The lowest BCUT2D eigenvalue weighted by molar-refractivity contribution is -0.146. The number of carboxylic acid groups (broad SMARTS) is 1. The smallest absolute Gasteiger partial charge is 0.310 e. The molecule has 1 aliphatic heterocycles. The summed E-state index contributed by atoms with van der Waals surface area (Å²) in [7, 11) is 1.55. The maximum atomic E-state index is 12.5. The molecular weight excluding hydrogens is 414 g/mol. The van der Waals surface area contributed by atoms with Crippen LogP contribution in [0.3, 0.4) is 0 Å². The van der Waals surface area contributed by atoms with Gasteiger partial charge in [-0.05, 0) is 61.9 Å². The second-order valence-corrected chi connectivity index (χ2v) is 7.98. The molecule has 1 aromatic carbocycles. The van der Waals surface area contributed by atoms with Crippen LogP contribution in [-0.4, -0.2) is 53.6 Å². The molecule has 1 atom stereocenters. The van der Waals surface area contributed by atoms with Crippen molar-refractivity contribution in [1.82, 2.24) is 5.32 Å². The fraction of sp³-hybridized carbons (Fsp3) is 0.304. The standard InChI is InChI=1S/C23H23N3O6/c1-22(2,21(29)30)13-26-20(28)18-19(27)17-8-9-23(12-24,10-14(17)11-25-18)32-16-6-4-15(31-3)5-7-16/h4-10,27H,11,13H2,1-3H3,(H,26,28)(H,29,30). The largest absolute Gasteiger partial charge is 0.505 e. The van der Waals surface area contributed by atoms with Gasteiger partial charge in [-0.15, -0.1) is 0 Å². The van der Waals surface area contributed by atoms with Gasteiger partial charge in [-0.1, -0.05) is 0 Å². The van der Waals surface area contributed by atoms with Crippen LogP contribution in [0.4, 0.5) is 0 Å². The Balaban J connectivity index is 1.79. The number of hydrogen-bond donors (Lipinski definition) is 3. The number of rotatable bonds is 7. The zero-order valence-electron chi connectivity index (χ0n) is 17.9. The van der Waals surface area contributed by atoms with Crippen LogP contribution in [0.1, 0.15) is 13.8 Å². The number of carbonyl (C=O) groups is 2. The molecule has 166 valence electrons. The molecule has 0 spiro atoms. The number of methoxy groups -OCH3 is 1. The number of aliphatic carboxylic acids is 1. The van der Waals surface area contributed by atoms with Crippen LogP contribution in [0.5, 0.6) is 11.5 Å². The summed E-state index contributed by atoms with van der Waals surface area (Å²) in [5.41, 5.74) is -1.89. The highest BCUT2D eigenvalue weighted by atomic mass is 16.5. The number of allylic oxidation sites excluding steroid dienone is 1. The molecule has 1 aliphatic carbocycles. The van der Waals surface area contributed by atoms with Gasteiger partial charge in [0.1, 0.15) is 17.6 Å². The summed E-state index contributed by atoms with van der Waals surface area (Å²) in [5, 5.41) is 32.0. The Hall–Kier alpha value is -4.06. The molecule has 3 rings (SSSR count). The van der Waals surface area contributed by atoms with E-state index in [1.54, 1.807) is 37.5 Å². The zero-order valence-corrected chi connectivity index (χ0v) is 17.9. The predicted octanol–water partition coefficient (Wildman–Crippen LogP) is 2.33. The average Bonchev–Trinajstić information content (AvgIpc) is 2.78. The van der Waals surface area contributed by atoms with Crippen LogP contribution in [0.15, 0.2) is 64.4 Å². The van der Waals surface area contributed by atoms with E-state index >= 15 is 0 Å². The number of fused-ring (bicyclic) bond motifs is 1. The number of aliphatic hydroxyl groups is 1. The summed E-state index contributed by atoms with van der Waals surface area (Å²) < 4.78 is 11.0. The summed E-state index contributed by atoms with van der Waals surface area (Å²) >= 11 is 0. The Labute approximate surface area is 185 Å². The molecule has 9 nitrogen and oxygen atoms in total. The number of aliphatic hydroxyl groups excluding tert-OH is 1. The van der Waals surface area contributed by atoms with Crippen molar-refractivity contribution >= 4 is 17.6 Å². The molecule has 3 N–H and O–H groups in total. The van der Waals surface area contributed by atoms with Crippen molar-refractivity contribution in [2.24, 2.45) is 10.4 Å². The van der Waals surface area contributed by atoms with Gasteiger partial charge in [-0.3, -0.25) is 14.6 Å². The van der Waals surface area contributed by atoms with E-state index in [2.05, 4.69) is 16.4 Å². The number of dihydropyridines is 1. The second-order valence-electron chi connectivity index (χ2n) is 7.98. The highest BCUT2D eigenvalue weighted by molar-refractivity contribution is 6.45. The third-order valence-electron chi connectivity index (χ3n) is 5.12. The van der Waals surface area contributed by atoms with Crippen molar-refractivity contribution in [2.45, 2.75) is 19.4 Å². The highest BCUT2D eigenvalue weighted by Crippen LogP contribution is 2.33. The number of benzene rings is 1. The lowest BCUT2D eigenvalue weighted by Crippen LogP contribution is -2.43. The van der Waals surface area contributed by atoms with Gasteiger partial charge in [0, 0.05) is 12.1 Å². The minimum Gasteiger partial charge on any atom is -0.505 e. The van der Waals surface area contributed by atoms with Crippen LogP contribution < -0.4 is 14.8 Å². The Morgan fingerprint density at radius 2 is 1.94 bits per heavy atom. The number of carboxylic acids is 1. The summed E-state index contributed by atoms with van der Waals surface area (Å²) in [6.07, 6.45) is 4.55. The number of nitriles is 1. The van der Waals surface area contributed by atoms with Gasteiger partial charge in [0.15, 0.2) is 11.5 Å². The van der Waals surface area contributed by atoms with E-state index in [1.807, 2.05) is 0 Å². The number of amides is 1. The first kappa shape index (κ1) is 22.6. The fourth-order valence-corrected chi connectivity index (χ4v) is 3.06. The summed E-state index contributed by atoms with van der Waals surface area (Å²) in [6, 6.07) is 8.88. The van der Waals surface area contributed by atoms with E-state index in [-0.39, 0.29) is 24.6 Å². The lowest BCUT2D eigenvalue weighted by atomic mass is 9.87. The van der Waals surface area contributed by atoms with Crippen molar-refractivity contribution < 1.29 is 29.3 Å². The first-order chi connectivity index (χ1) is 15.1. The Morgan fingerprint density at radius 3 is 2.53 bits per heavy atom. The fourth-order valence-electron chi connectivity index (χ4n) is 3.06. The zero-order chi connectivity index (χ0) is 23.5. The molecule has 32 heavy (non-hydrogen) atoms. The number of hydrogen-bond acceptors (Lipinski definition) is 7. The van der Waals surface area contributed by atoms with E-state index in [9.17, 15) is 25.1 Å². The van der Waals surface area contributed by atoms with Gasteiger partial charge in [0.25, 0.3) is 5.91 Å². The SMILES string of the molecule is COc1ccc(OC2(C#N)C=CC3=C(O)C(C(=O)NCC(C)(C)C(=O)O)=NCC3=C2)cc1. The molecule has 0 radical (unpaired) electrons. The monoisotopic (exact) mass is 437 g/mol. The normalized spacial score (nSPS) is 19.8. The molecule has 1 aromatic rings. The summed E-state index contributed by atoms with van der Waals surface area (Å²) in [5.74, 6) is -0.985. The van der Waals surface area contributed by atoms with Gasteiger partial charge in [-0.2, -0.15) is 5.26 Å². The maximum absolute atomic E-state index is 12.5. The van der Waals surface area contributed by atoms with Gasteiger partial charge in [0.2, 0.25) is 5.60 Å². The minimum absolute atomic E-state index is 0.0458. The lowest BCUT2D eigenvalue weighted by Gasteiger charge is -2.28. The first-order valence-electron chi connectivity index (χ1n) is 9.76. The number of nitrogens with one attached hydrogen (secondary N) is 1. The van der Waals surface area contributed by atoms with E-state index in [1.165, 1.54) is 26.0 Å². The van der Waals surface area contributed by atoms with Crippen molar-refractivity contribution in [3.8, 4) is 17.6 Å². The van der Waals surface area contributed by atoms with Crippen LogP contribution in [0.25, 0.3) is 0 Å². The minimum atomic E-state index is -1.41. The average molecular weight is 437 g/mol. The molecule has 1 amide bonds. The van der Waals surface area contributed by atoms with E-state index in [4.69, 9.17) is 9.47 Å². The van der Waals surface area contributed by atoms with E-state index in [0.717, 1.165) is 0 Å². The molecule has 0 fully saturated rings. The summed E-state index contributed by atoms with van der Waals surface area (Å²) in [4.78, 5) is 27.8. The maximum Gasteiger partial charge on any atom is 0.310 e. The van der Waals surface area contributed by atoms with Gasteiger partial charge >= 0.3 is 5.97 Å². The molecule has 9 heteroatoms. The Morgan fingerprint density at radius 1 is 1.28 bits per heavy atom. The molecule has 1 unspecified atom stereocenters. The molecule has 0 bridgehead atoms. The number of nitrogens with zero attached hydrogens (tertiary/aromatic N) is 2. The van der Waals surface area contributed by atoms with Crippen molar-refractivity contribution in [3.05, 3.63) is 59.4 Å². The van der Waals surface area contributed by atoms with Crippen molar-refractivity contribution in [1.29, 1.82) is 5.26 Å². The van der Waals surface area contributed by atoms with Crippen molar-refractivity contribution in [3.63, 3.8) is 0 Å². The highest BCUT2D eigenvalue weighted by Gasteiger charge is 2.35. The number of aliphatic imine (C=N–C) groups is 1. The third-order valence-corrected chi connectivity index (χ3v) is 5.12. The van der Waals surface area contributed by atoms with E-state index in [0.29, 0.717) is 22.6 Å². The molecule has 1 heterocycles. The molecule has 2 aliphatic rings. The first-order valence-corrected chi connectivity index (χ1v) is 9.76. The quantitative estimate of drug-likeness (QED) is 0.594. The predicted molar refractivity (Wildman–Crippen MR) is 116 cm³/mol. The Bertz CT molecular complexity index is 1110. The van der Waals surface area contributed by atoms with Gasteiger partial charge in [0.05, 0.1) is 19.1 Å². The van der Waals surface area contributed by atoms with Crippen molar-refractivity contribution in [2.75, 3.05) is 20.2 Å². The topological polar surface area (TPSA) is 141 Å². The van der Waals surface area contributed by atoms with Crippen LogP contribution in [0.2, 0.25) is 0 Å². The van der Waals surface area contributed by atoms with Crippen LogP contribution >= 0.6 is 0 Å². The van der Waals surface area contributed by atoms with Crippen LogP contribution in [0, 0.1) is 16.7 Å². The molecule has 0 saturated heterocycles. The van der Waals surface area contributed by atoms with E-state index < -0.39 is 22.9 Å². The third kappa shape index (κ3) is 4.49. The van der Waals surface area contributed by atoms with Crippen LogP contribution in [-0.2, 0) is 9.59 Å².